The maximum Gasteiger partial charge on any atom is 0.0396 e. The minimum Gasteiger partial charge on any atom is -0.374 e. The van der Waals surface area contributed by atoms with E-state index in [9.17, 15) is 0 Å². The van der Waals surface area contributed by atoms with Crippen LogP contribution in [0, 0.1) is 5.92 Å². The highest BCUT2D eigenvalue weighted by Crippen LogP contribution is 2.26. The Hall–Kier alpha value is -1.02. The lowest BCUT2D eigenvalue weighted by Crippen LogP contribution is -2.25. The minimum absolute atomic E-state index is 0.840. The lowest BCUT2D eigenvalue weighted by Gasteiger charge is -2.27. The highest BCUT2D eigenvalue weighted by Gasteiger charge is 2.13. The Morgan fingerprint density at radius 1 is 1.25 bits per heavy atom. The van der Waals surface area contributed by atoms with Crippen LogP contribution in [0.5, 0.6) is 0 Å². The second-order valence-corrected chi connectivity index (χ2v) is 6.55. The fraction of sp³-hybridized carbons (Fsp3) is 0.667. The number of nitrogens with one attached hydrogen (secondary N) is 1. The van der Waals surface area contributed by atoms with Crippen molar-refractivity contribution in [2.75, 3.05) is 25.0 Å². The van der Waals surface area contributed by atoms with Crippen molar-refractivity contribution in [1.82, 2.24) is 5.32 Å². The van der Waals surface area contributed by atoms with Crippen LogP contribution in [-0.2, 0) is 13.0 Å². The molecule has 0 spiro atoms. The molecular formula is C18H30N2. The van der Waals surface area contributed by atoms with E-state index in [1.165, 1.54) is 55.5 Å². The zero-order valence-electron chi connectivity index (χ0n) is 13.4. The van der Waals surface area contributed by atoms with Crippen molar-refractivity contribution >= 4 is 5.69 Å². The molecular weight excluding hydrogens is 244 g/mol. The molecule has 20 heavy (non-hydrogen) atoms. The SMILES string of the molecule is CC(C)CCCCNCc1ccc2c(c1)CCCN2C. The van der Waals surface area contributed by atoms with Crippen LogP contribution in [-0.4, -0.2) is 20.1 Å². The number of hydrogen-bond acceptors (Lipinski definition) is 2. The van der Waals surface area contributed by atoms with Gasteiger partial charge in [0.2, 0.25) is 0 Å². The number of hydrogen-bond donors (Lipinski definition) is 1. The van der Waals surface area contributed by atoms with Gasteiger partial charge in [-0.15, -0.1) is 0 Å². The van der Waals surface area contributed by atoms with Crippen molar-refractivity contribution < 1.29 is 0 Å². The van der Waals surface area contributed by atoms with Crippen LogP contribution in [0.15, 0.2) is 18.2 Å². The van der Waals surface area contributed by atoms with E-state index in [4.69, 9.17) is 0 Å². The highest BCUT2D eigenvalue weighted by atomic mass is 15.1. The van der Waals surface area contributed by atoms with Crippen molar-refractivity contribution in [2.45, 2.75) is 52.5 Å². The second-order valence-electron chi connectivity index (χ2n) is 6.55. The van der Waals surface area contributed by atoms with Crippen LogP contribution < -0.4 is 10.2 Å². The third-order valence-corrected chi connectivity index (χ3v) is 4.21. The maximum absolute atomic E-state index is 3.58. The van der Waals surface area contributed by atoms with Gasteiger partial charge in [-0.3, -0.25) is 0 Å². The molecule has 0 saturated heterocycles. The average Bonchev–Trinajstić information content (AvgIpc) is 2.42. The third kappa shape index (κ3) is 4.52. The summed E-state index contributed by atoms with van der Waals surface area (Å²) in [4.78, 5) is 2.38. The molecule has 1 aromatic carbocycles. The summed E-state index contributed by atoms with van der Waals surface area (Å²) in [7, 11) is 2.20. The van der Waals surface area contributed by atoms with Gasteiger partial charge in [0.1, 0.15) is 0 Å². The fourth-order valence-corrected chi connectivity index (χ4v) is 2.98. The van der Waals surface area contributed by atoms with Crippen molar-refractivity contribution in [2.24, 2.45) is 5.92 Å². The molecule has 0 atom stereocenters. The smallest absolute Gasteiger partial charge is 0.0396 e. The predicted molar refractivity (Wildman–Crippen MR) is 88.4 cm³/mol. The Morgan fingerprint density at radius 2 is 2.10 bits per heavy atom. The first-order chi connectivity index (χ1) is 9.66. The van der Waals surface area contributed by atoms with Crippen LogP contribution in [0.4, 0.5) is 5.69 Å². The normalized spacial score (nSPS) is 14.7. The van der Waals surface area contributed by atoms with Gasteiger partial charge in [-0.25, -0.2) is 0 Å². The molecule has 0 radical (unpaired) electrons. The number of fused-ring (bicyclic) bond motifs is 1. The average molecular weight is 274 g/mol. The molecule has 0 fully saturated rings. The van der Waals surface area contributed by atoms with E-state index in [0.29, 0.717) is 0 Å². The van der Waals surface area contributed by atoms with Crippen molar-refractivity contribution in [3.63, 3.8) is 0 Å². The van der Waals surface area contributed by atoms with E-state index in [1.807, 2.05) is 0 Å². The Morgan fingerprint density at radius 3 is 2.90 bits per heavy atom. The molecule has 0 unspecified atom stereocenters. The molecule has 0 amide bonds. The van der Waals surface area contributed by atoms with Gasteiger partial charge in [0.25, 0.3) is 0 Å². The number of anilines is 1. The Bertz CT molecular complexity index is 412. The Labute approximate surface area is 124 Å². The van der Waals surface area contributed by atoms with Gasteiger partial charge < -0.3 is 10.2 Å². The number of rotatable bonds is 7. The van der Waals surface area contributed by atoms with Crippen LogP contribution >= 0.6 is 0 Å². The molecule has 1 aromatic rings. The topological polar surface area (TPSA) is 15.3 Å². The summed E-state index contributed by atoms with van der Waals surface area (Å²) in [6, 6.07) is 6.97. The number of aryl methyl sites for hydroxylation is 1. The summed E-state index contributed by atoms with van der Waals surface area (Å²) in [6.45, 7) is 7.96. The van der Waals surface area contributed by atoms with Crippen molar-refractivity contribution in [3.05, 3.63) is 29.3 Å². The van der Waals surface area contributed by atoms with Gasteiger partial charge in [0, 0.05) is 25.8 Å². The Kier molecular flexibility index (Phi) is 5.90. The molecule has 1 heterocycles. The summed E-state index contributed by atoms with van der Waals surface area (Å²) >= 11 is 0. The van der Waals surface area contributed by atoms with Crippen molar-refractivity contribution in [1.29, 1.82) is 0 Å². The zero-order chi connectivity index (χ0) is 14.4. The molecule has 0 aliphatic carbocycles. The van der Waals surface area contributed by atoms with Gasteiger partial charge in [-0.2, -0.15) is 0 Å². The van der Waals surface area contributed by atoms with E-state index < -0.39 is 0 Å². The van der Waals surface area contributed by atoms with Gasteiger partial charge >= 0.3 is 0 Å². The minimum atomic E-state index is 0.840. The number of nitrogens with zero attached hydrogens (tertiary/aromatic N) is 1. The lowest BCUT2D eigenvalue weighted by atomic mass is 9.99. The maximum atomic E-state index is 3.58. The summed E-state index contributed by atoms with van der Waals surface area (Å²) < 4.78 is 0. The van der Waals surface area contributed by atoms with E-state index in [0.717, 1.165) is 19.0 Å². The summed E-state index contributed by atoms with van der Waals surface area (Å²) in [5, 5.41) is 3.58. The zero-order valence-corrected chi connectivity index (χ0v) is 13.4. The van der Waals surface area contributed by atoms with E-state index in [-0.39, 0.29) is 0 Å². The van der Waals surface area contributed by atoms with Gasteiger partial charge in [-0.1, -0.05) is 38.8 Å². The fourth-order valence-electron chi connectivity index (χ4n) is 2.98. The number of benzene rings is 1. The quantitative estimate of drug-likeness (QED) is 0.756. The molecule has 1 aliphatic heterocycles. The van der Waals surface area contributed by atoms with E-state index in [1.54, 1.807) is 0 Å². The monoisotopic (exact) mass is 274 g/mol. The molecule has 1 N–H and O–H groups in total. The van der Waals surface area contributed by atoms with E-state index in [2.05, 4.69) is 49.3 Å². The first kappa shape index (κ1) is 15.4. The lowest BCUT2D eigenvalue weighted by molar-refractivity contribution is 0.520. The van der Waals surface area contributed by atoms with Gasteiger partial charge in [0.15, 0.2) is 0 Å². The standard InChI is InChI=1S/C18H30N2/c1-15(2)7-4-5-11-19-14-16-9-10-18-17(13-16)8-6-12-20(18)3/h9-10,13,15,19H,4-8,11-12,14H2,1-3H3. The van der Waals surface area contributed by atoms with Crippen LogP contribution in [0.1, 0.15) is 50.7 Å². The first-order valence-corrected chi connectivity index (χ1v) is 8.20. The third-order valence-electron chi connectivity index (χ3n) is 4.21. The first-order valence-electron chi connectivity index (χ1n) is 8.20. The van der Waals surface area contributed by atoms with Crippen molar-refractivity contribution in [3.8, 4) is 0 Å². The second kappa shape index (κ2) is 7.68. The predicted octanol–water partition coefficient (Wildman–Crippen LogP) is 3.98. The molecule has 0 saturated carbocycles. The molecule has 1 aliphatic rings. The molecule has 2 heteroatoms. The van der Waals surface area contributed by atoms with Gasteiger partial charge in [0.05, 0.1) is 0 Å². The molecule has 0 aromatic heterocycles. The van der Waals surface area contributed by atoms with Crippen LogP contribution in [0.3, 0.4) is 0 Å². The van der Waals surface area contributed by atoms with Gasteiger partial charge in [-0.05, 0) is 48.9 Å². The number of unbranched alkanes of at least 4 members (excludes halogenated alkanes) is 1. The Balaban J connectivity index is 1.74. The van der Waals surface area contributed by atoms with Crippen LogP contribution in [0.25, 0.3) is 0 Å². The summed E-state index contributed by atoms with van der Waals surface area (Å²) in [5.74, 6) is 0.840. The summed E-state index contributed by atoms with van der Waals surface area (Å²) in [5.41, 5.74) is 4.39. The molecule has 0 bridgehead atoms. The van der Waals surface area contributed by atoms with E-state index >= 15 is 0 Å². The largest absolute Gasteiger partial charge is 0.374 e. The summed E-state index contributed by atoms with van der Waals surface area (Å²) in [6.07, 6.45) is 6.52. The highest BCUT2D eigenvalue weighted by molar-refractivity contribution is 5.56. The molecule has 2 rings (SSSR count). The van der Waals surface area contributed by atoms with Crippen LogP contribution in [0.2, 0.25) is 0 Å². The molecule has 112 valence electrons. The molecule has 2 nitrogen and oxygen atoms in total.